The van der Waals surface area contributed by atoms with E-state index in [9.17, 15) is 13.2 Å². The molecule has 6 heteroatoms. The minimum atomic E-state index is -4.56. The highest BCUT2D eigenvalue weighted by molar-refractivity contribution is 5.62. The van der Waals surface area contributed by atoms with Gasteiger partial charge in [-0.3, -0.25) is 0 Å². The smallest absolute Gasteiger partial charge is 0.164 e. The second-order valence-corrected chi connectivity index (χ2v) is 4.39. The van der Waals surface area contributed by atoms with Crippen molar-refractivity contribution in [3.8, 4) is 16.9 Å². The van der Waals surface area contributed by atoms with E-state index < -0.39 is 11.9 Å². The lowest BCUT2D eigenvalue weighted by Gasteiger charge is -2.03. The fourth-order valence-corrected chi connectivity index (χ4v) is 1.96. The lowest BCUT2D eigenvalue weighted by molar-refractivity contribution is -0.140. The average molecular weight is 289 g/mol. The SMILES string of the molecule is FC(F)(F)c1nn(-c2ccccc2)nc1-c1ccccc1. The van der Waals surface area contributed by atoms with E-state index in [2.05, 4.69) is 10.2 Å². The van der Waals surface area contributed by atoms with Crippen LogP contribution < -0.4 is 0 Å². The normalized spacial score (nSPS) is 11.6. The van der Waals surface area contributed by atoms with Gasteiger partial charge in [0, 0.05) is 5.56 Å². The van der Waals surface area contributed by atoms with Crippen LogP contribution in [0.2, 0.25) is 0 Å². The van der Waals surface area contributed by atoms with E-state index in [-0.39, 0.29) is 5.69 Å². The summed E-state index contributed by atoms with van der Waals surface area (Å²) >= 11 is 0. The third kappa shape index (κ3) is 2.65. The van der Waals surface area contributed by atoms with Crippen LogP contribution in [0.5, 0.6) is 0 Å². The van der Waals surface area contributed by atoms with E-state index in [1.807, 2.05) is 0 Å². The first kappa shape index (κ1) is 13.4. The van der Waals surface area contributed by atoms with Gasteiger partial charge in [-0.1, -0.05) is 48.5 Å². The van der Waals surface area contributed by atoms with Gasteiger partial charge in [0.05, 0.1) is 5.69 Å². The molecule has 0 bridgehead atoms. The Morgan fingerprint density at radius 2 is 1.33 bits per heavy atom. The number of rotatable bonds is 2. The Hall–Kier alpha value is -2.63. The van der Waals surface area contributed by atoms with Gasteiger partial charge >= 0.3 is 6.18 Å². The largest absolute Gasteiger partial charge is 0.437 e. The third-order valence-corrected chi connectivity index (χ3v) is 2.92. The highest BCUT2D eigenvalue weighted by Gasteiger charge is 2.38. The minimum Gasteiger partial charge on any atom is -0.164 e. The summed E-state index contributed by atoms with van der Waals surface area (Å²) in [6.07, 6.45) is -4.56. The number of alkyl halides is 3. The average Bonchev–Trinajstić information content (AvgIpc) is 2.94. The van der Waals surface area contributed by atoms with Gasteiger partial charge in [0.15, 0.2) is 5.69 Å². The molecule has 3 nitrogen and oxygen atoms in total. The Morgan fingerprint density at radius 1 is 0.762 bits per heavy atom. The Bertz CT molecular complexity index is 734. The zero-order valence-electron chi connectivity index (χ0n) is 10.7. The first-order valence-electron chi connectivity index (χ1n) is 6.21. The predicted octanol–water partition coefficient (Wildman–Crippen LogP) is 3.95. The summed E-state index contributed by atoms with van der Waals surface area (Å²) in [6, 6.07) is 16.7. The van der Waals surface area contributed by atoms with Gasteiger partial charge in [-0.15, -0.1) is 10.2 Å². The minimum absolute atomic E-state index is 0.174. The van der Waals surface area contributed by atoms with Crippen LogP contribution in [0.3, 0.4) is 0 Å². The summed E-state index contributed by atoms with van der Waals surface area (Å²) in [4.78, 5) is 1.01. The van der Waals surface area contributed by atoms with Crippen molar-refractivity contribution in [1.29, 1.82) is 0 Å². The Labute approximate surface area is 118 Å². The fourth-order valence-electron chi connectivity index (χ4n) is 1.96. The second kappa shape index (κ2) is 5.05. The molecule has 0 aliphatic carbocycles. The molecule has 0 spiro atoms. The third-order valence-electron chi connectivity index (χ3n) is 2.92. The van der Waals surface area contributed by atoms with E-state index in [0.717, 1.165) is 4.80 Å². The quantitative estimate of drug-likeness (QED) is 0.715. The monoisotopic (exact) mass is 289 g/mol. The van der Waals surface area contributed by atoms with Crippen molar-refractivity contribution < 1.29 is 13.2 Å². The highest BCUT2D eigenvalue weighted by atomic mass is 19.4. The summed E-state index contributed by atoms with van der Waals surface area (Å²) in [6.45, 7) is 0. The number of halogens is 3. The number of hydrogen-bond donors (Lipinski definition) is 0. The predicted molar refractivity (Wildman–Crippen MR) is 71.8 cm³/mol. The van der Waals surface area contributed by atoms with Crippen LogP contribution in [0.1, 0.15) is 5.69 Å². The molecule has 0 unspecified atom stereocenters. The molecule has 0 N–H and O–H groups in total. The van der Waals surface area contributed by atoms with Crippen molar-refractivity contribution in [3.63, 3.8) is 0 Å². The van der Waals surface area contributed by atoms with E-state index in [1.165, 1.54) is 0 Å². The summed E-state index contributed by atoms with van der Waals surface area (Å²) in [7, 11) is 0. The first-order valence-corrected chi connectivity index (χ1v) is 6.21. The molecule has 0 saturated heterocycles. The van der Waals surface area contributed by atoms with Crippen molar-refractivity contribution in [1.82, 2.24) is 15.0 Å². The zero-order chi connectivity index (χ0) is 14.9. The van der Waals surface area contributed by atoms with Gasteiger partial charge in [0.1, 0.15) is 5.69 Å². The second-order valence-electron chi connectivity index (χ2n) is 4.39. The van der Waals surface area contributed by atoms with E-state index in [0.29, 0.717) is 11.3 Å². The van der Waals surface area contributed by atoms with Crippen LogP contribution in [0.15, 0.2) is 60.7 Å². The molecular formula is C15H10F3N3. The van der Waals surface area contributed by atoms with Gasteiger partial charge in [-0.25, -0.2) is 0 Å². The summed E-state index contributed by atoms with van der Waals surface area (Å²) in [5.41, 5.74) is -0.304. The first-order chi connectivity index (χ1) is 10.1. The van der Waals surface area contributed by atoms with Crippen LogP contribution in [-0.4, -0.2) is 15.0 Å². The highest BCUT2D eigenvalue weighted by Crippen LogP contribution is 2.34. The molecule has 0 atom stereocenters. The molecule has 0 radical (unpaired) electrons. The van der Waals surface area contributed by atoms with Crippen LogP contribution in [0, 0.1) is 0 Å². The van der Waals surface area contributed by atoms with Gasteiger partial charge in [0.2, 0.25) is 0 Å². The molecule has 1 aromatic heterocycles. The van der Waals surface area contributed by atoms with Gasteiger partial charge < -0.3 is 0 Å². The van der Waals surface area contributed by atoms with Crippen molar-refractivity contribution in [2.75, 3.05) is 0 Å². The van der Waals surface area contributed by atoms with Gasteiger partial charge in [-0.2, -0.15) is 18.0 Å². The number of aromatic nitrogens is 3. The summed E-state index contributed by atoms with van der Waals surface area (Å²) in [5.74, 6) is 0. The van der Waals surface area contributed by atoms with E-state index in [4.69, 9.17) is 0 Å². The molecule has 3 aromatic rings. The molecule has 0 fully saturated rings. The zero-order valence-corrected chi connectivity index (χ0v) is 10.7. The van der Waals surface area contributed by atoms with E-state index >= 15 is 0 Å². The lowest BCUT2D eigenvalue weighted by atomic mass is 10.1. The fraction of sp³-hybridized carbons (Fsp3) is 0.0667. The van der Waals surface area contributed by atoms with Crippen LogP contribution >= 0.6 is 0 Å². The number of para-hydroxylation sites is 1. The molecule has 1 heterocycles. The van der Waals surface area contributed by atoms with Gasteiger partial charge in [0.25, 0.3) is 0 Å². The van der Waals surface area contributed by atoms with Crippen LogP contribution in [0.25, 0.3) is 16.9 Å². The topological polar surface area (TPSA) is 30.7 Å². The van der Waals surface area contributed by atoms with Crippen molar-refractivity contribution in [3.05, 3.63) is 66.4 Å². The van der Waals surface area contributed by atoms with Crippen molar-refractivity contribution in [2.45, 2.75) is 6.18 Å². The molecule has 0 aliphatic rings. The molecule has 106 valence electrons. The Balaban J connectivity index is 2.17. The molecule has 3 rings (SSSR count). The number of hydrogen-bond acceptors (Lipinski definition) is 2. The Kier molecular flexibility index (Phi) is 3.21. The van der Waals surface area contributed by atoms with Crippen molar-refractivity contribution in [2.24, 2.45) is 0 Å². The Morgan fingerprint density at radius 3 is 1.90 bits per heavy atom. The molecule has 21 heavy (non-hydrogen) atoms. The van der Waals surface area contributed by atoms with Crippen LogP contribution in [-0.2, 0) is 6.18 Å². The van der Waals surface area contributed by atoms with E-state index in [1.54, 1.807) is 60.7 Å². The molecule has 0 amide bonds. The molecule has 0 aliphatic heterocycles. The number of benzene rings is 2. The molecular weight excluding hydrogens is 279 g/mol. The lowest BCUT2D eigenvalue weighted by Crippen LogP contribution is -2.08. The number of nitrogens with zero attached hydrogens (tertiary/aromatic N) is 3. The maximum absolute atomic E-state index is 13.1. The van der Waals surface area contributed by atoms with Gasteiger partial charge in [-0.05, 0) is 12.1 Å². The molecule has 2 aromatic carbocycles. The maximum Gasteiger partial charge on any atom is 0.437 e. The molecule has 0 saturated carbocycles. The maximum atomic E-state index is 13.1. The summed E-state index contributed by atoms with van der Waals surface area (Å²) < 4.78 is 39.4. The van der Waals surface area contributed by atoms with Crippen LogP contribution in [0.4, 0.5) is 13.2 Å². The standard InChI is InChI=1S/C15H10F3N3/c16-15(17,18)14-13(11-7-3-1-4-8-11)19-21(20-14)12-9-5-2-6-10-12/h1-10H. The summed E-state index contributed by atoms with van der Waals surface area (Å²) in [5, 5.41) is 7.61. The van der Waals surface area contributed by atoms with Crippen molar-refractivity contribution >= 4 is 0 Å².